The van der Waals surface area contributed by atoms with Gasteiger partial charge in [-0.1, -0.05) is 13.8 Å². The molecule has 0 rings (SSSR count). The maximum Gasteiger partial charge on any atom is 0.471 e. The number of hydrogen-bond donors (Lipinski definition) is 2. The number of alkyl halides is 3. The molecule has 0 saturated heterocycles. The van der Waals surface area contributed by atoms with Crippen molar-refractivity contribution < 1.29 is 27.9 Å². The van der Waals surface area contributed by atoms with E-state index in [1.807, 2.05) is 0 Å². The number of nitrogens with one attached hydrogen (secondary N) is 1. The molecule has 100 valence electrons. The van der Waals surface area contributed by atoms with Gasteiger partial charge < -0.3 is 10.4 Å². The van der Waals surface area contributed by atoms with Crippen molar-refractivity contribution in [2.75, 3.05) is 0 Å². The molecule has 0 bridgehead atoms. The van der Waals surface area contributed by atoms with Crippen molar-refractivity contribution >= 4 is 11.9 Å². The van der Waals surface area contributed by atoms with Crippen molar-refractivity contribution in [2.24, 2.45) is 11.3 Å². The molecule has 0 saturated carbocycles. The molecule has 1 atom stereocenters. The molecule has 0 radical (unpaired) electrons. The molecule has 0 aliphatic rings. The van der Waals surface area contributed by atoms with E-state index in [0.717, 1.165) is 0 Å². The van der Waals surface area contributed by atoms with Gasteiger partial charge in [0.05, 0.1) is 5.41 Å². The summed E-state index contributed by atoms with van der Waals surface area (Å²) < 4.78 is 36.3. The molecule has 7 heteroatoms. The summed E-state index contributed by atoms with van der Waals surface area (Å²) in [7, 11) is 0. The van der Waals surface area contributed by atoms with Crippen LogP contribution in [0.3, 0.4) is 0 Å². The molecule has 0 aliphatic heterocycles. The van der Waals surface area contributed by atoms with Crippen molar-refractivity contribution in [1.82, 2.24) is 5.32 Å². The van der Waals surface area contributed by atoms with Crippen LogP contribution in [-0.2, 0) is 9.59 Å². The van der Waals surface area contributed by atoms with E-state index in [1.165, 1.54) is 13.8 Å². The van der Waals surface area contributed by atoms with Gasteiger partial charge in [0.25, 0.3) is 0 Å². The first-order chi connectivity index (χ1) is 7.40. The Bertz CT molecular complexity index is 310. The number of aliphatic carboxylic acids is 1. The second-order valence-electron chi connectivity index (χ2n) is 4.72. The molecule has 0 heterocycles. The average molecular weight is 255 g/mol. The lowest BCUT2D eigenvalue weighted by molar-refractivity contribution is -0.176. The molecule has 17 heavy (non-hydrogen) atoms. The van der Waals surface area contributed by atoms with E-state index in [-0.39, 0.29) is 0 Å². The lowest BCUT2D eigenvalue weighted by atomic mass is 9.78. The van der Waals surface area contributed by atoms with Gasteiger partial charge in [0, 0.05) is 6.04 Å². The molecule has 2 N–H and O–H groups in total. The summed E-state index contributed by atoms with van der Waals surface area (Å²) in [5, 5.41) is 10.7. The molecule has 0 spiro atoms. The zero-order valence-corrected chi connectivity index (χ0v) is 10.1. The van der Waals surface area contributed by atoms with E-state index in [4.69, 9.17) is 5.11 Å². The van der Waals surface area contributed by atoms with Crippen LogP contribution in [0.5, 0.6) is 0 Å². The van der Waals surface area contributed by atoms with Gasteiger partial charge >= 0.3 is 18.1 Å². The summed E-state index contributed by atoms with van der Waals surface area (Å²) in [6, 6.07) is -1.10. The van der Waals surface area contributed by atoms with Crippen molar-refractivity contribution in [1.29, 1.82) is 0 Å². The predicted octanol–water partition coefficient (Wildman–Crippen LogP) is 1.80. The Balaban J connectivity index is 5.04. The van der Waals surface area contributed by atoms with Crippen molar-refractivity contribution in [3.8, 4) is 0 Å². The van der Waals surface area contributed by atoms with E-state index in [9.17, 15) is 22.8 Å². The monoisotopic (exact) mass is 255 g/mol. The second kappa shape index (κ2) is 4.93. The number of carboxylic acids is 1. The highest BCUT2D eigenvalue weighted by molar-refractivity contribution is 5.83. The van der Waals surface area contributed by atoms with E-state index < -0.39 is 35.4 Å². The van der Waals surface area contributed by atoms with E-state index in [2.05, 4.69) is 0 Å². The van der Waals surface area contributed by atoms with Gasteiger partial charge in [-0.05, 0) is 19.8 Å². The van der Waals surface area contributed by atoms with E-state index in [0.29, 0.717) is 0 Å². The fourth-order valence-corrected chi connectivity index (χ4v) is 1.54. The molecule has 0 aromatic rings. The van der Waals surface area contributed by atoms with Gasteiger partial charge in [0.2, 0.25) is 0 Å². The summed E-state index contributed by atoms with van der Waals surface area (Å²) in [6.07, 6.45) is -5.01. The third-order valence-corrected chi connectivity index (χ3v) is 2.54. The number of amides is 1. The van der Waals surface area contributed by atoms with Crippen molar-refractivity contribution in [3.05, 3.63) is 0 Å². The van der Waals surface area contributed by atoms with Crippen LogP contribution < -0.4 is 5.32 Å². The van der Waals surface area contributed by atoms with Crippen LogP contribution in [0.4, 0.5) is 13.2 Å². The van der Waals surface area contributed by atoms with Crippen LogP contribution >= 0.6 is 0 Å². The summed E-state index contributed by atoms with van der Waals surface area (Å²) in [6.45, 7) is 5.64. The summed E-state index contributed by atoms with van der Waals surface area (Å²) in [5.41, 5.74) is -1.48. The van der Waals surface area contributed by atoms with Gasteiger partial charge in [-0.25, -0.2) is 0 Å². The molecule has 0 aromatic carbocycles. The van der Waals surface area contributed by atoms with Gasteiger partial charge in [-0.15, -0.1) is 0 Å². The second-order valence-corrected chi connectivity index (χ2v) is 4.72. The van der Waals surface area contributed by atoms with Gasteiger partial charge in [-0.2, -0.15) is 13.2 Å². The quantitative estimate of drug-likeness (QED) is 0.805. The third kappa shape index (κ3) is 3.90. The number of halogens is 3. The number of carbonyl (C=O) groups is 2. The predicted molar refractivity (Wildman–Crippen MR) is 54.2 cm³/mol. The molecular weight excluding hydrogens is 239 g/mol. The molecule has 1 amide bonds. The van der Waals surface area contributed by atoms with Crippen molar-refractivity contribution in [2.45, 2.75) is 39.9 Å². The topological polar surface area (TPSA) is 66.4 Å². The smallest absolute Gasteiger partial charge is 0.471 e. The van der Waals surface area contributed by atoms with E-state index >= 15 is 0 Å². The molecule has 0 fully saturated rings. The zero-order chi connectivity index (χ0) is 14.0. The lowest BCUT2D eigenvalue weighted by Gasteiger charge is -2.34. The number of carboxylic acid groups (broad SMARTS) is 1. The molecule has 0 aliphatic carbocycles. The Morgan fingerprint density at radius 2 is 1.59 bits per heavy atom. The zero-order valence-electron chi connectivity index (χ0n) is 10.1. The van der Waals surface area contributed by atoms with Crippen LogP contribution in [0.1, 0.15) is 27.7 Å². The third-order valence-electron chi connectivity index (χ3n) is 2.54. The summed E-state index contributed by atoms with van der Waals surface area (Å²) in [5.74, 6) is -3.82. The summed E-state index contributed by atoms with van der Waals surface area (Å²) >= 11 is 0. The van der Waals surface area contributed by atoms with Crippen LogP contribution in [0, 0.1) is 11.3 Å². The normalized spacial score (nSPS) is 14.6. The van der Waals surface area contributed by atoms with Crippen LogP contribution in [0.2, 0.25) is 0 Å². The first-order valence-electron chi connectivity index (χ1n) is 5.01. The Morgan fingerprint density at radius 1 is 1.18 bits per heavy atom. The largest absolute Gasteiger partial charge is 0.481 e. The minimum Gasteiger partial charge on any atom is -0.481 e. The fraction of sp³-hybridized carbons (Fsp3) is 0.800. The minimum atomic E-state index is -5.01. The number of carbonyl (C=O) groups excluding carboxylic acids is 1. The maximum absolute atomic E-state index is 12.1. The highest BCUT2D eigenvalue weighted by Gasteiger charge is 2.45. The first-order valence-corrected chi connectivity index (χ1v) is 5.01. The molecule has 0 aromatic heterocycles. The van der Waals surface area contributed by atoms with Gasteiger partial charge in [0.1, 0.15) is 0 Å². The highest BCUT2D eigenvalue weighted by Crippen LogP contribution is 2.27. The molecule has 4 nitrogen and oxygen atoms in total. The van der Waals surface area contributed by atoms with Crippen LogP contribution in [0.25, 0.3) is 0 Å². The Labute approximate surface area is 97.2 Å². The van der Waals surface area contributed by atoms with E-state index in [1.54, 1.807) is 19.2 Å². The Hall–Kier alpha value is -1.27. The highest BCUT2D eigenvalue weighted by atomic mass is 19.4. The maximum atomic E-state index is 12.1. The number of rotatable bonds is 4. The van der Waals surface area contributed by atoms with Crippen molar-refractivity contribution in [3.63, 3.8) is 0 Å². The van der Waals surface area contributed by atoms with Crippen LogP contribution in [-0.4, -0.2) is 29.2 Å². The lowest BCUT2D eigenvalue weighted by Crippen LogP contribution is -2.54. The summed E-state index contributed by atoms with van der Waals surface area (Å²) in [4.78, 5) is 21.8. The average Bonchev–Trinajstić information content (AvgIpc) is 2.10. The molecule has 1 unspecified atom stereocenters. The van der Waals surface area contributed by atoms with Crippen LogP contribution in [0.15, 0.2) is 0 Å². The Kier molecular flexibility index (Phi) is 4.56. The minimum absolute atomic E-state index is 0.438. The first kappa shape index (κ1) is 15.7. The fourth-order valence-electron chi connectivity index (χ4n) is 1.54. The van der Waals surface area contributed by atoms with Gasteiger partial charge in [0.15, 0.2) is 0 Å². The standard InChI is InChI=1S/C10H16F3NO3/c1-5(2)6(9(3,4)8(16)17)14-7(15)10(11,12)13/h5-6H,1-4H3,(H,14,15)(H,16,17). The SMILES string of the molecule is CC(C)C(NC(=O)C(F)(F)F)C(C)(C)C(=O)O. The molecular formula is C10H16F3NO3. The number of hydrogen-bond acceptors (Lipinski definition) is 2. The Morgan fingerprint density at radius 3 is 1.82 bits per heavy atom. The van der Waals surface area contributed by atoms with Gasteiger partial charge in [-0.3, -0.25) is 9.59 Å².